The van der Waals surface area contributed by atoms with Crippen LogP contribution in [0.5, 0.6) is 0 Å². The zero-order chi connectivity index (χ0) is 26.2. The molecule has 0 spiro atoms. The molecule has 0 aromatic heterocycles. The first-order valence-corrected chi connectivity index (χ1v) is 14.0. The smallest absolute Gasteiger partial charge is 0.269 e. The van der Waals surface area contributed by atoms with Gasteiger partial charge in [-0.2, -0.15) is 0 Å². The Hall–Kier alpha value is -2.98. The first-order valence-electron chi connectivity index (χ1n) is 11.5. The van der Waals surface area contributed by atoms with Gasteiger partial charge in [-0.3, -0.25) is 9.59 Å². The number of carbonyl (C=O) groups excluding carboxylic acids is 2. The molecule has 0 heterocycles. The van der Waals surface area contributed by atoms with E-state index >= 15 is 0 Å². The minimum Gasteiger partial charge on any atom is -0.399 e. The van der Waals surface area contributed by atoms with Gasteiger partial charge in [0.15, 0.2) is 0 Å². The van der Waals surface area contributed by atoms with Gasteiger partial charge in [0, 0.05) is 37.4 Å². The first kappa shape index (κ1) is 29.3. The van der Waals surface area contributed by atoms with Crippen molar-refractivity contribution in [1.82, 2.24) is 10.6 Å². The Morgan fingerprint density at radius 2 is 1.06 bits per heavy atom. The van der Waals surface area contributed by atoms with Gasteiger partial charge in [0.1, 0.15) is 25.6 Å². The van der Waals surface area contributed by atoms with Gasteiger partial charge >= 0.3 is 0 Å². The molecular weight excluding hydrogens is 496 g/mol. The fourth-order valence-electron chi connectivity index (χ4n) is 3.06. The third-order valence-electron chi connectivity index (χ3n) is 4.94. The van der Waals surface area contributed by atoms with Crippen LogP contribution in [0.1, 0.15) is 22.3 Å². The number of hydrogen-bond acceptors (Lipinski definition) is 8. The van der Waals surface area contributed by atoms with Gasteiger partial charge in [-0.1, -0.05) is 91.6 Å². The van der Waals surface area contributed by atoms with E-state index in [0.29, 0.717) is 37.4 Å². The van der Waals surface area contributed by atoms with Crippen molar-refractivity contribution in [2.24, 2.45) is 10.3 Å². The van der Waals surface area contributed by atoms with Gasteiger partial charge in [-0.25, -0.2) is 0 Å². The summed E-state index contributed by atoms with van der Waals surface area (Å²) in [6.45, 7) is 5.04. The van der Waals surface area contributed by atoms with Gasteiger partial charge in [-0.05, 0) is 25.0 Å². The number of carbonyl (C=O) groups is 2. The van der Waals surface area contributed by atoms with E-state index in [1.165, 1.54) is 14.2 Å². The largest absolute Gasteiger partial charge is 0.399 e. The average Bonchev–Trinajstić information content (AvgIpc) is 2.87. The monoisotopic (exact) mass is 530 g/mol. The van der Waals surface area contributed by atoms with Crippen LogP contribution in [0.25, 0.3) is 0 Å². The first-order chi connectivity index (χ1) is 17.4. The summed E-state index contributed by atoms with van der Waals surface area (Å²) >= 11 is 0. The molecule has 2 aromatic carbocycles. The van der Waals surface area contributed by atoms with Crippen LogP contribution in [0.15, 0.2) is 58.8 Å². The molecule has 0 unspecified atom stereocenters. The van der Waals surface area contributed by atoms with Crippen molar-refractivity contribution in [2.75, 3.05) is 38.8 Å². The maximum absolute atomic E-state index is 12.5. The second kappa shape index (κ2) is 16.6. The van der Waals surface area contributed by atoms with E-state index in [0.717, 1.165) is 33.8 Å². The molecule has 0 aliphatic carbocycles. The molecule has 10 heteroatoms. The molecule has 8 nitrogen and oxygen atoms in total. The molecule has 0 atom stereocenters. The van der Waals surface area contributed by atoms with Gasteiger partial charge in [0.2, 0.25) is 0 Å². The molecule has 194 valence electrons. The summed E-state index contributed by atoms with van der Waals surface area (Å²) < 4.78 is 0. The summed E-state index contributed by atoms with van der Waals surface area (Å²) in [5.41, 5.74) is 4.98. The fraction of sp³-hybridized carbons (Fsp3) is 0.385. The number of nitrogens with zero attached hydrogens (tertiary/aromatic N) is 2. The SMILES string of the molecule is CO/N=C(\Cc1ccc(C)cc1)C(=O)NCCSSCCNC(=O)/C(Cc1ccc(C)cc1)=N/OC. The van der Waals surface area contributed by atoms with Crippen molar-refractivity contribution in [1.29, 1.82) is 0 Å². The summed E-state index contributed by atoms with van der Waals surface area (Å²) in [6.07, 6.45) is 0.805. The third kappa shape index (κ3) is 11.2. The Kier molecular flexibility index (Phi) is 13.5. The molecule has 0 aliphatic rings. The van der Waals surface area contributed by atoms with Crippen LogP contribution in [-0.2, 0) is 32.1 Å². The lowest BCUT2D eigenvalue weighted by atomic mass is 10.1. The second-order valence-corrected chi connectivity index (χ2v) is 10.6. The van der Waals surface area contributed by atoms with E-state index in [4.69, 9.17) is 9.68 Å². The van der Waals surface area contributed by atoms with Gasteiger partial charge < -0.3 is 20.3 Å². The lowest BCUT2D eigenvalue weighted by Crippen LogP contribution is -2.34. The van der Waals surface area contributed by atoms with Crippen molar-refractivity contribution in [2.45, 2.75) is 26.7 Å². The van der Waals surface area contributed by atoms with E-state index in [1.54, 1.807) is 21.6 Å². The summed E-state index contributed by atoms with van der Waals surface area (Å²) in [4.78, 5) is 34.6. The molecule has 2 aromatic rings. The Morgan fingerprint density at radius 3 is 1.39 bits per heavy atom. The molecule has 0 aliphatic heterocycles. The zero-order valence-corrected chi connectivity index (χ0v) is 22.8. The molecule has 0 saturated carbocycles. The Balaban J connectivity index is 1.64. The summed E-state index contributed by atoms with van der Waals surface area (Å²) in [5, 5.41) is 13.5. The predicted octanol–water partition coefficient (Wildman–Crippen LogP) is 3.71. The molecule has 0 fully saturated rings. The summed E-state index contributed by atoms with van der Waals surface area (Å²) in [5.74, 6) is 0.959. The van der Waals surface area contributed by atoms with Crippen LogP contribution < -0.4 is 10.6 Å². The highest BCUT2D eigenvalue weighted by Gasteiger charge is 2.14. The Morgan fingerprint density at radius 1 is 0.694 bits per heavy atom. The van der Waals surface area contributed by atoms with E-state index in [9.17, 15) is 9.59 Å². The number of benzene rings is 2. The Labute approximate surface area is 221 Å². The van der Waals surface area contributed by atoms with E-state index in [1.807, 2.05) is 62.4 Å². The van der Waals surface area contributed by atoms with Gasteiger partial charge in [-0.15, -0.1) is 0 Å². The molecule has 0 bridgehead atoms. The minimum atomic E-state index is -0.242. The van der Waals surface area contributed by atoms with Crippen LogP contribution in [-0.4, -0.2) is 62.1 Å². The highest BCUT2D eigenvalue weighted by Crippen LogP contribution is 2.19. The molecule has 0 radical (unpaired) electrons. The number of rotatable bonds is 15. The number of oxime groups is 2. The average molecular weight is 531 g/mol. The van der Waals surface area contributed by atoms with Crippen molar-refractivity contribution in [3.8, 4) is 0 Å². The highest BCUT2D eigenvalue weighted by atomic mass is 33.1. The van der Waals surface area contributed by atoms with Crippen LogP contribution in [0, 0.1) is 13.8 Å². The molecule has 2 rings (SSSR count). The van der Waals surface area contributed by atoms with Crippen molar-refractivity contribution in [3.63, 3.8) is 0 Å². The van der Waals surface area contributed by atoms with Gasteiger partial charge in [0.25, 0.3) is 11.8 Å². The van der Waals surface area contributed by atoms with E-state index < -0.39 is 0 Å². The van der Waals surface area contributed by atoms with Crippen molar-refractivity contribution < 1.29 is 19.3 Å². The second-order valence-electron chi connectivity index (χ2n) is 7.92. The summed E-state index contributed by atoms with van der Waals surface area (Å²) in [7, 11) is 6.11. The molecule has 0 saturated heterocycles. The number of hydrogen-bond donors (Lipinski definition) is 2. The minimum absolute atomic E-state index is 0.242. The van der Waals surface area contributed by atoms with Crippen molar-refractivity contribution >= 4 is 44.8 Å². The van der Waals surface area contributed by atoms with Crippen LogP contribution in [0.4, 0.5) is 0 Å². The quantitative estimate of drug-likeness (QED) is 0.158. The number of aryl methyl sites for hydroxylation is 2. The zero-order valence-electron chi connectivity index (χ0n) is 21.2. The van der Waals surface area contributed by atoms with Crippen LogP contribution in [0.2, 0.25) is 0 Å². The standard InChI is InChI=1S/C26H34N4O4S2/c1-19-5-9-21(10-6-19)17-23(29-33-3)25(31)27-13-15-35-36-16-14-28-26(32)24(30-34-4)18-22-11-7-20(2)8-12-22/h5-12H,13-18H2,1-4H3,(H,27,31)(H,28,32)/b29-23+,30-24+. The highest BCUT2D eigenvalue weighted by molar-refractivity contribution is 8.76. The predicted molar refractivity (Wildman–Crippen MR) is 150 cm³/mol. The molecule has 2 amide bonds. The lowest BCUT2D eigenvalue weighted by Gasteiger charge is -2.09. The maximum atomic E-state index is 12.5. The molecule has 36 heavy (non-hydrogen) atoms. The fourth-order valence-corrected chi connectivity index (χ4v) is 4.87. The topological polar surface area (TPSA) is 101 Å². The van der Waals surface area contributed by atoms with E-state index in [2.05, 4.69) is 20.9 Å². The number of amides is 2. The van der Waals surface area contributed by atoms with Crippen LogP contribution in [0.3, 0.4) is 0 Å². The normalized spacial score (nSPS) is 11.7. The Bertz CT molecular complexity index is 942. The summed E-state index contributed by atoms with van der Waals surface area (Å²) in [6, 6.07) is 15.9. The van der Waals surface area contributed by atoms with E-state index in [-0.39, 0.29) is 11.8 Å². The van der Waals surface area contributed by atoms with Crippen LogP contribution >= 0.6 is 21.6 Å². The maximum Gasteiger partial charge on any atom is 0.269 e. The molecule has 2 N–H and O–H groups in total. The lowest BCUT2D eigenvalue weighted by molar-refractivity contribution is -0.115. The third-order valence-corrected chi connectivity index (χ3v) is 7.34. The van der Waals surface area contributed by atoms with Crippen molar-refractivity contribution in [3.05, 3.63) is 70.8 Å². The number of nitrogens with one attached hydrogen (secondary N) is 2. The molecular formula is C26H34N4O4S2. The van der Waals surface area contributed by atoms with Gasteiger partial charge in [0.05, 0.1) is 0 Å².